The van der Waals surface area contributed by atoms with E-state index in [1.807, 2.05) is 25.3 Å². The Bertz CT molecular complexity index is 562. The number of carbonyl (C=O) groups is 1. The fourth-order valence-electron chi connectivity index (χ4n) is 1.84. The minimum absolute atomic E-state index is 0.0403. The van der Waals surface area contributed by atoms with Gasteiger partial charge in [0.05, 0.1) is 4.88 Å². The zero-order chi connectivity index (χ0) is 13.8. The summed E-state index contributed by atoms with van der Waals surface area (Å²) in [6, 6.07) is 8.32. The molecular weight excluding hydrogens is 261 g/mol. The molecule has 0 aliphatic rings. The average Bonchev–Trinajstić information content (AvgIpc) is 2.83. The number of aryl methyl sites for hydroxylation is 1. The van der Waals surface area contributed by atoms with Gasteiger partial charge in [0, 0.05) is 6.54 Å². The molecular formula is C15H16FNOS. The van der Waals surface area contributed by atoms with Crippen LogP contribution in [0.2, 0.25) is 0 Å². The van der Waals surface area contributed by atoms with Crippen LogP contribution in [0.15, 0.2) is 35.7 Å². The minimum atomic E-state index is -0.241. The van der Waals surface area contributed by atoms with E-state index in [4.69, 9.17) is 0 Å². The Hall–Kier alpha value is -1.68. The highest BCUT2D eigenvalue weighted by molar-refractivity contribution is 7.12. The number of rotatable bonds is 4. The van der Waals surface area contributed by atoms with E-state index in [-0.39, 0.29) is 17.6 Å². The second kappa shape index (κ2) is 5.97. The van der Waals surface area contributed by atoms with Gasteiger partial charge in [-0.3, -0.25) is 4.79 Å². The van der Waals surface area contributed by atoms with Crippen molar-refractivity contribution in [3.8, 4) is 0 Å². The van der Waals surface area contributed by atoms with Crippen molar-refractivity contribution >= 4 is 17.2 Å². The molecule has 1 aromatic heterocycles. The zero-order valence-electron chi connectivity index (χ0n) is 10.9. The average molecular weight is 277 g/mol. The summed E-state index contributed by atoms with van der Waals surface area (Å²) in [5, 5.41) is 4.83. The highest BCUT2D eigenvalue weighted by Crippen LogP contribution is 2.17. The van der Waals surface area contributed by atoms with Crippen LogP contribution in [0.1, 0.15) is 33.6 Å². The van der Waals surface area contributed by atoms with E-state index in [2.05, 4.69) is 5.32 Å². The van der Waals surface area contributed by atoms with Crippen LogP contribution >= 0.6 is 11.3 Å². The summed E-state index contributed by atoms with van der Waals surface area (Å²) >= 11 is 1.45. The number of halogens is 1. The largest absolute Gasteiger partial charge is 0.351 e. The monoisotopic (exact) mass is 277 g/mol. The summed E-state index contributed by atoms with van der Waals surface area (Å²) in [6.45, 7) is 4.48. The highest BCUT2D eigenvalue weighted by atomic mass is 32.1. The highest BCUT2D eigenvalue weighted by Gasteiger charge is 2.12. The molecule has 1 amide bonds. The van der Waals surface area contributed by atoms with Crippen LogP contribution in [0.5, 0.6) is 0 Å². The number of carbonyl (C=O) groups excluding carboxylic acids is 1. The molecule has 0 aliphatic carbocycles. The summed E-state index contributed by atoms with van der Waals surface area (Å²) in [5.74, 6) is -0.125. The predicted octanol–water partition coefficient (Wildman–Crippen LogP) is 3.73. The van der Waals surface area contributed by atoms with Crippen molar-refractivity contribution < 1.29 is 9.18 Å². The lowest BCUT2D eigenvalue weighted by Crippen LogP contribution is -2.27. The van der Waals surface area contributed by atoms with Gasteiger partial charge in [-0.2, -0.15) is 0 Å². The molecule has 1 aromatic carbocycles. The lowest BCUT2D eigenvalue weighted by molar-refractivity contribution is 0.0955. The van der Waals surface area contributed by atoms with Crippen molar-refractivity contribution in [2.45, 2.75) is 19.8 Å². The van der Waals surface area contributed by atoms with Crippen LogP contribution in [0, 0.1) is 12.7 Å². The summed E-state index contributed by atoms with van der Waals surface area (Å²) in [6.07, 6.45) is 0. The molecule has 0 radical (unpaired) electrons. The standard InChI is InChI=1S/C15H16FNOS/c1-10-7-8-19-14(10)15(18)17-9-11(2)12-3-5-13(16)6-4-12/h3-8,11H,9H2,1-2H3,(H,17,18). The van der Waals surface area contributed by atoms with Crippen molar-refractivity contribution in [3.05, 3.63) is 57.5 Å². The molecule has 100 valence electrons. The maximum atomic E-state index is 12.8. The topological polar surface area (TPSA) is 29.1 Å². The fraction of sp³-hybridized carbons (Fsp3) is 0.267. The van der Waals surface area contributed by atoms with Crippen LogP contribution in [0.3, 0.4) is 0 Å². The van der Waals surface area contributed by atoms with Gasteiger partial charge in [0.25, 0.3) is 5.91 Å². The van der Waals surface area contributed by atoms with E-state index < -0.39 is 0 Å². The van der Waals surface area contributed by atoms with Gasteiger partial charge in [-0.05, 0) is 47.5 Å². The lowest BCUT2D eigenvalue weighted by Gasteiger charge is -2.13. The van der Waals surface area contributed by atoms with Crippen molar-refractivity contribution in [1.82, 2.24) is 5.32 Å². The quantitative estimate of drug-likeness (QED) is 0.906. The number of benzene rings is 1. The Morgan fingerprint density at radius 2 is 2.00 bits per heavy atom. The fourth-order valence-corrected chi connectivity index (χ4v) is 2.68. The van der Waals surface area contributed by atoms with Gasteiger partial charge in [-0.25, -0.2) is 4.39 Å². The van der Waals surface area contributed by atoms with Crippen LogP contribution in [-0.4, -0.2) is 12.5 Å². The molecule has 2 nitrogen and oxygen atoms in total. The van der Waals surface area contributed by atoms with Gasteiger partial charge in [0.1, 0.15) is 5.82 Å². The van der Waals surface area contributed by atoms with Gasteiger partial charge in [-0.15, -0.1) is 11.3 Å². The number of nitrogens with one attached hydrogen (secondary N) is 1. The molecule has 2 aromatic rings. The van der Waals surface area contributed by atoms with Crippen molar-refractivity contribution in [1.29, 1.82) is 0 Å². The molecule has 0 aliphatic heterocycles. The van der Waals surface area contributed by atoms with E-state index in [9.17, 15) is 9.18 Å². The van der Waals surface area contributed by atoms with Crippen LogP contribution < -0.4 is 5.32 Å². The van der Waals surface area contributed by atoms with Crippen LogP contribution in [0.25, 0.3) is 0 Å². The molecule has 1 atom stereocenters. The maximum absolute atomic E-state index is 12.8. The SMILES string of the molecule is Cc1ccsc1C(=O)NCC(C)c1ccc(F)cc1. The number of amides is 1. The van der Waals surface area contributed by atoms with E-state index in [1.54, 1.807) is 12.1 Å². The molecule has 1 heterocycles. The predicted molar refractivity (Wildman–Crippen MR) is 76.2 cm³/mol. The third kappa shape index (κ3) is 3.41. The first-order valence-electron chi connectivity index (χ1n) is 6.15. The summed E-state index contributed by atoms with van der Waals surface area (Å²) in [5.41, 5.74) is 2.02. The molecule has 0 spiro atoms. The van der Waals surface area contributed by atoms with Gasteiger partial charge >= 0.3 is 0 Å². The van der Waals surface area contributed by atoms with Crippen LogP contribution in [-0.2, 0) is 0 Å². The van der Waals surface area contributed by atoms with Crippen LogP contribution in [0.4, 0.5) is 4.39 Å². The second-order valence-electron chi connectivity index (χ2n) is 4.60. The molecule has 4 heteroatoms. The summed E-state index contributed by atoms with van der Waals surface area (Å²) in [7, 11) is 0. The van der Waals surface area contributed by atoms with Crippen molar-refractivity contribution in [2.24, 2.45) is 0 Å². The molecule has 0 fully saturated rings. The summed E-state index contributed by atoms with van der Waals surface area (Å²) < 4.78 is 12.8. The van der Waals surface area contributed by atoms with Gasteiger partial charge < -0.3 is 5.32 Å². The Morgan fingerprint density at radius 3 is 2.58 bits per heavy atom. The number of thiophene rings is 1. The maximum Gasteiger partial charge on any atom is 0.261 e. The van der Waals surface area contributed by atoms with Gasteiger partial charge in [0.15, 0.2) is 0 Å². The second-order valence-corrected chi connectivity index (χ2v) is 5.51. The molecule has 19 heavy (non-hydrogen) atoms. The zero-order valence-corrected chi connectivity index (χ0v) is 11.8. The Kier molecular flexibility index (Phi) is 4.32. The third-order valence-electron chi connectivity index (χ3n) is 3.08. The van der Waals surface area contributed by atoms with Gasteiger partial charge in [-0.1, -0.05) is 19.1 Å². The molecule has 0 saturated heterocycles. The first kappa shape index (κ1) is 13.7. The van der Waals surface area contributed by atoms with Crippen molar-refractivity contribution in [3.63, 3.8) is 0 Å². The molecule has 0 bridgehead atoms. The normalized spacial score (nSPS) is 12.2. The molecule has 1 unspecified atom stereocenters. The smallest absolute Gasteiger partial charge is 0.261 e. The number of hydrogen-bond donors (Lipinski definition) is 1. The summed E-state index contributed by atoms with van der Waals surface area (Å²) in [4.78, 5) is 12.7. The van der Waals surface area contributed by atoms with E-state index in [1.165, 1.54) is 23.5 Å². The Morgan fingerprint density at radius 1 is 1.32 bits per heavy atom. The molecule has 1 N–H and O–H groups in total. The molecule has 0 saturated carbocycles. The van der Waals surface area contributed by atoms with E-state index in [0.717, 1.165) is 16.0 Å². The lowest BCUT2D eigenvalue weighted by atomic mass is 10.0. The Labute approximate surface area is 116 Å². The van der Waals surface area contributed by atoms with Gasteiger partial charge in [0.2, 0.25) is 0 Å². The third-order valence-corrected chi connectivity index (χ3v) is 4.09. The first-order valence-corrected chi connectivity index (χ1v) is 7.03. The van der Waals surface area contributed by atoms with Crippen molar-refractivity contribution in [2.75, 3.05) is 6.54 Å². The first-order chi connectivity index (χ1) is 9.08. The number of hydrogen-bond acceptors (Lipinski definition) is 2. The van der Waals surface area contributed by atoms with E-state index >= 15 is 0 Å². The molecule has 2 rings (SSSR count). The minimum Gasteiger partial charge on any atom is -0.351 e. The Balaban J connectivity index is 1.94. The van der Waals surface area contributed by atoms with E-state index in [0.29, 0.717) is 6.54 Å².